The van der Waals surface area contributed by atoms with Crippen molar-refractivity contribution in [2.45, 2.75) is 51.0 Å². The molecule has 4 nitrogen and oxygen atoms in total. The number of thiophene rings is 1. The number of nitrogens with zero attached hydrogens (tertiary/aromatic N) is 1. The molecular formula is C30H31NO3S3. The molecule has 2 heterocycles. The predicted octanol–water partition coefficient (Wildman–Crippen LogP) is 6.57. The van der Waals surface area contributed by atoms with Crippen LogP contribution in [0.3, 0.4) is 0 Å². The third kappa shape index (κ3) is 4.90. The van der Waals surface area contributed by atoms with Gasteiger partial charge in [0.05, 0.1) is 16.9 Å². The van der Waals surface area contributed by atoms with Gasteiger partial charge >= 0.3 is 0 Å². The van der Waals surface area contributed by atoms with E-state index in [2.05, 4.69) is 24.0 Å². The molecule has 4 aliphatic carbocycles. The number of aliphatic hydroxyl groups excluding tert-OH is 1. The molecule has 192 valence electrons. The molecule has 1 aliphatic heterocycles. The number of aliphatic hydroxyl groups is 1. The molecule has 5 aliphatic rings. The van der Waals surface area contributed by atoms with Crippen molar-refractivity contribution in [2.75, 3.05) is 13.7 Å². The van der Waals surface area contributed by atoms with Gasteiger partial charge in [0.2, 0.25) is 0 Å². The summed E-state index contributed by atoms with van der Waals surface area (Å²) >= 11 is 8.89. The lowest BCUT2D eigenvalue weighted by Crippen LogP contribution is -2.57. The molecule has 0 spiro atoms. The molecule has 1 saturated heterocycles. The SMILES string of the molecule is COc1cccc(-c2sc(/C=C3\SC(=S)N(C4C5CC6CC(C5)CC4C6)C3=O)cc2C#CCCCO)c1. The molecule has 5 fully saturated rings. The lowest BCUT2D eigenvalue weighted by atomic mass is 9.54. The number of ether oxygens (including phenoxy) is 1. The van der Waals surface area contributed by atoms with E-state index in [-0.39, 0.29) is 18.6 Å². The quantitative estimate of drug-likeness (QED) is 0.191. The van der Waals surface area contributed by atoms with Crippen molar-refractivity contribution < 1.29 is 14.6 Å². The first-order chi connectivity index (χ1) is 18.0. The maximum Gasteiger partial charge on any atom is 0.266 e. The number of hydrogen-bond acceptors (Lipinski definition) is 6. The number of rotatable bonds is 6. The summed E-state index contributed by atoms with van der Waals surface area (Å²) in [6.07, 6.45) is 9.76. The molecule has 0 unspecified atom stereocenters. The van der Waals surface area contributed by atoms with Gasteiger partial charge in [0, 0.05) is 29.5 Å². The van der Waals surface area contributed by atoms with E-state index in [0.29, 0.717) is 24.7 Å². The first-order valence-corrected chi connectivity index (χ1v) is 15.2. The number of amides is 1. The van der Waals surface area contributed by atoms with Gasteiger partial charge < -0.3 is 9.84 Å². The fourth-order valence-electron chi connectivity index (χ4n) is 7.06. The van der Waals surface area contributed by atoms with Crippen molar-refractivity contribution in [2.24, 2.45) is 23.7 Å². The summed E-state index contributed by atoms with van der Waals surface area (Å²) in [5.41, 5.74) is 1.97. The van der Waals surface area contributed by atoms with E-state index >= 15 is 0 Å². The Morgan fingerprint density at radius 3 is 2.62 bits per heavy atom. The van der Waals surface area contributed by atoms with Gasteiger partial charge in [-0.05, 0) is 92.0 Å². The Labute approximate surface area is 232 Å². The number of benzene rings is 1. The Bertz CT molecular complexity index is 1290. The second kappa shape index (κ2) is 10.6. The Morgan fingerprint density at radius 1 is 1.16 bits per heavy atom. The maximum absolute atomic E-state index is 13.7. The third-order valence-electron chi connectivity index (χ3n) is 8.34. The van der Waals surface area contributed by atoms with Gasteiger partial charge in [0.15, 0.2) is 0 Å². The van der Waals surface area contributed by atoms with Gasteiger partial charge in [-0.15, -0.1) is 11.3 Å². The van der Waals surface area contributed by atoms with Gasteiger partial charge in [0.25, 0.3) is 5.91 Å². The average molecular weight is 550 g/mol. The average Bonchev–Trinajstić information content (AvgIpc) is 3.41. The summed E-state index contributed by atoms with van der Waals surface area (Å²) in [6.45, 7) is 0.137. The molecule has 1 aromatic heterocycles. The Hall–Kier alpha value is -2.11. The molecule has 0 atom stereocenters. The van der Waals surface area contributed by atoms with Crippen molar-refractivity contribution in [3.63, 3.8) is 0 Å². The highest BCUT2D eigenvalue weighted by atomic mass is 32.2. The molecule has 4 saturated carbocycles. The fourth-order valence-corrected chi connectivity index (χ4v) is 9.53. The van der Waals surface area contributed by atoms with Gasteiger partial charge in [-0.25, -0.2) is 0 Å². The number of hydrogen-bond donors (Lipinski definition) is 1. The topological polar surface area (TPSA) is 49.8 Å². The second-order valence-electron chi connectivity index (χ2n) is 10.7. The Morgan fingerprint density at radius 2 is 1.92 bits per heavy atom. The largest absolute Gasteiger partial charge is 0.497 e. The monoisotopic (exact) mass is 549 g/mol. The van der Waals surface area contributed by atoms with E-state index in [1.165, 1.54) is 43.9 Å². The number of unbranched alkanes of at least 4 members (excludes halogenated alkanes) is 1. The van der Waals surface area contributed by atoms with Crippen molar-refractivity contribution in [1.29, 1.82) is 0 Å². The van der Waals surface area contributed by atoms with E-state index in [4.69, 9.17) is 22.1 Å². The van der Waals surface area contributed by atoms with Crippen LogP contribution in [-0.4, -0.2) is 40.0 Å². The fraction of sp³-hybridized carbons (Fsp3) is 0.467. The Balaban J connectivity index is 1.30. The van der Waals surface area contributed by atoms with Crippen LogP contribution in [-0.2, 0) is 4.79 Å². The summed E-state index contributed by atoms with van der Waals surface area (Å²) in [7, 11) is 1.67. The van der Waals surface area contributed by atoms with Crippen molar-refractivity contribution in [3.8, 4) is 28.0 Å². The van der Waals surface area contributed by atoms with Gasteiger partial charge in [0.1, 0.15) is 10.1 Å². The number of carbonyl (C=O) groups is 1. The molecular weight excluding hydrogens is 519 g/mol. The molecule has 37 heavy (non-hydrogen) atoms. The number of thiocarbonyl (C=S) groups is 1. The van der Waals surface area contributed by atoms with Gasteiger partial charge in [-0.1, -0.05) is 48.0 Å². The Kier molecular flexibility index (Phi) is 7.19. The number of thioether (sulfide) groups is 1. The molecule has 4 bridgehead atoms. The minimum atomic E-state index is 0.0828. The van der Waals surface area contributed by atoms with Crippen molar-refractivity contribution >= 4 is 51.6 Å². The predicted molar refractivity (Wildman–Crippen MR) is 155 cm³/mol. The maximum atomic E-state index is 13.7. The zero-order valence-corrected chi connectivity index (χ0v) is 23.4. The van der Waals surface area contributed by atoms with Crippen molar-refractivity contribution in [1.82, 2.24) is 4.90 Å². The summed E-state index contributed by atoms with van der Waals surface area (Å²) in [5, 5.41) is 9.11. The van der Waals surface area contributed by atoms with E-state index in [1.807, 2.05) is 29.2 Å². The zero-order chi connectivity index (χ0) is 25.5. The first-order valence-electron chi connectivity index (χ1n) is 13.2. The molecule has 1 amide bonds. The summed E-state index contributed by atoms with van der Waals surface area (Å²) in [4.78, 5) is 18.5. The standard InChI is InChI=1S/C30H31NO3S3/c1-34-24-8-5-7-20(15-24)28-21(6-3-2-4-9-32)16-25(36-28)17-26-29(33)31(30(35)37-26)27-22-11-18-10-19(13-22)14-23(27)12-18/h5,7-8,15-19,22-23,27,32H,2,4,9-14H2,1H3/b26-17-. The van der Waals surface area contributed by atoms with Crippen LogP contribution in [0.2, 0.25) is 0 Å². The van der Waals surface area contributed by atoms with Crippen LogP contribution in [0.25, 0.3) is 16.5 Å². The number of carbonyl (C=O) groups excluding carboxylic acids is 1. The lowest BCUT2D eigenvalue weighted by Gasteiger charge is -2.56. The van der Waals surface area contributed by atoms with E-state index in [0.717, 1.165) is 47.7 Å². The minimum Gasteiger partial charge on any atom is -0.497 e. The summed E-state index contributed by atoms with van der Waals surface area (Å²) in [5.74, 6) is 10.3. The molecule has 1 N–H and O–H groups in total. The summed E-state index contributed by atoms with van der Waals surface area (Å²) in [6, 6.07) is 10.3. The van der Waals surface area contributed by atoms with Crippen LogP contribution in [0.5, 0.6) is 5.75 Å². The molecule has 7 heteroatoms. The molecule has 1 aromatic carbocycles. The van der Waals surface area contributed by atoms with Crippen LogP contribution < -0.4 is 4.74 Å². The van der Waals surface area contributed by atoms with Crippen LogP contribution in [0, 0.1) is 35.5 Å². The minimum absolute atomic E-state index is 0.0828. The lowest BCUT2D eigenvalue weighted by molar-refractivity contribution is -0.130. The van der Waals surface area contributed by atoms with E-state index < -0.39 is 0 Å². The second-order valence-corrected chi connectivity index (χ2v) is 13.5. The summed E-state index contributed by atoms with van der Waals surface area (Å²) < 4.78 is 6.16. The zero-order valence-electron chi connectivity index (χ0n) is 20.9. The van der Waals surface area contributed by atoms with Crippen LogP contribution in [0.1, 0.15) is 55.4 Å². The molecule has 0 radical (unpaired) electrons. The molecule has 2 aromatic rings. The smallest absolute Gasteiger partial charge is 0.266 e. The van der Waals surface area contributed by atoms with Crippen molar-refractivity contribution in [3.05, 3.63) is 45.7 Å². The van der Waals surface area contributed by atoms with Gasteiger partial charge in [-0.2, -0.15) is 0 Å². The van der Waals surface area contributed by atoms with Crippen LogP contribution in [0.4, 0.5) is 0 Å². The van der Waals surface area contributed by atoms with Crippen LogP contribution in [0.15, 0.2) is 35.2 Å². The normalized spacial score (nSPS) is 29.2. The third-order valence-corrected chi connectivity index (χ3v) is 10.8. The van der Waals surface area contributed by atoms with Gasteiger partial charge in [-0.3, -0.25) is 9.69 Å². The van der Waals surface area contributed by atoms with Crippen LogP contribution >= 0.6 is 35.3 Å². The highest BCUT2D eigenvalue weighted by Gasteiger charge is 2.53. The van der Waals surface area contributed by atoms with E-state index in [9.17, 15) is 4.79 Å². The highest BCUT2D eigenvalue weighted by Crippen LogP contribution is 2.56. The molecule has 7 rings (SSSR count). The van der Waals surface area contributed by atoms with E-state index in [1.54, 1.807) is 18.4 Å². The highest BCUT2D eigenvalue weighted by molar-refractivity contribution is 8.26. The first kappa shape index (κ1) is 25.2. The number of methoxy groups -OCH3 is 1.